The second kappa shape index (κ2) is 4.79. The van der Waals surface area contributed by atoms with Crippen LogP contribution in [0.5, 0.6) is 0 Å². The molecule has 0 aromatic carbocycles. The zero-order chi connectivity index (χ0) is 14.4. The van der Waals surface area contributed by atoms with Gasteiger partial charge in [0.1, 0.15) is 5.60 Å². The lowest BCUT2D eigenvalue weighted by Crippen LogP contribution is -2.43. The molecule has 0 radical (unpaired) electrons. The average Bonchev–Trinajstić information content (AvgIpc) is 2.87. The molecule has 0 spiro atoms. The predicted octanol–water partition coefficient (Wildman–Crippen LogP) is 4.43. The molecule has 2 nitrogen and oxygen atoms in total. The molecule has 19 heavy (non-hydrogen) atoms. The van der Waals surface area contributed by atoms with E-state index in [4.69, 9.17) is 4.74 Å². The van der Waals surface area contributed by atoms with Crippen LogP contribution in [0.4, 0.5) is 0 Å². The maximum absolute atomic E-state index is 12.3. The number of ether oxygens (including phenoxy) is 1. The molecular weight excluding hydrogens is 236 g/mol. The van der Waals surface area contributed by atoms with Crippen LogP contribution >= 0.6 is 0 Å². The first-order valence-corrected chi connectivity index (χ1v) is 7.91. The summed E-state index contributed by atoms with van der Waals surface area (Å²) in [5.74, 6) is 3.04. The number of fused-ring (bicyclic) bond motifs is 2. The van der Waals surface area contributed by atoms with E-state index in [2.05, 4.69) is 20.8 Å². The van der Waals surface area contributed by atoms with Crippen LogP contribution in [-0.2, 0) is 9.53 Å². The van der Waals surface area contributed by atoms with Gasteiger partial charge in [0.2, 0.25) is 0 Å². The van der Waals surface area contributed by atoms with Gasteiger partial charge in [0.15, 0.2) is 0 Å². The fourth-order valence-electron chi connectivity index (χ4n) is 4.01. The molecule has 0 aromatic rings. The zero-order valence-electron chi connectivity index (χ0n) is 13.5. The molecule has 2 rings (SSSR count). The molecule has 0 aliphatic heterocycles. The van der Waals surface area contributed by atoms with E-state index in [1.807, 2.05) is 20.8 Å². The minimum absolute atomic E-state index is 0.0316. The highest BCUT2D eigenvalue weighted by molar-refractivity contribution is 5.76. The highest BCUT2D eigenvalue weighted by atomic mass is 16.6. The lowest BCUT2D eigenvalue weighted by atomic mass is 9.75. The Morgan fingerprint density at radius 1 is 1.11 bits per heavy atom. The van der Waals surface area contributed by atoms with E-state index in [1.165, 1.54) is 19.3 Å². The van der Waals surface area contributed by atoms with Crippen LogP contribution in [0.15, 0.2) is 0 Å². The Labute approximate surface area is 118 Å². The molecular formula is C17H30O2. The first-order chi connectivity index (χ1) is 8.67. The second-order valence-corrected chi connectivity index (χ2v) is 8.04. The third-order valence-electron chi connectivity index (χ3n) is 5.90. The summed E-state index contributed by atoms with van der Waals surface area (Å²) in [5.41, 5.74) is -0.661. The van der Waals surface area contributed by atoms with Gasteiger partial charge in [-0.25, -0.2) is 0 Å². The van der Waals surface area contributed by atoms with Crippen LogP contribution in [0, 0.1) is 29.1 Å². The zero-order valence-corrected chi connectivity index (χ0v) is 13.5. The van der Waals surface area contributed by atoms with Crippen molar-refractivity contribution in [1.29, 1.82) is 0 Å². The Morgan fingerprint density at radius 2 is 1.74 bits per heavy atom. The highest BCUT2D eigenvalue weighted by Crippen LogP contribution is 2.55. The van der Waals surface area contributed by atoms with E-state index in [0.717, 1.165) is 24.2 Å². The summed E-state index contributed by atoms with van der Waals surface area (Å²) in [4.78, 5) is 12.3. The lowest BCUT2D eigenvalue weighted by Gasteiger charge is -2.39. The molecule has 0 heterocycles. The molecule has 4 atom stereocenters. The van der Waals surface area contributed by atoms with Crippen molar-refractivity contribution in [3.8, 4) is 0 Å². The van der Waals surface area contributed by atoms with Crippen molar-refractivity contribution in [2.24, 2.45) is 29.1 Å². The molecule has 2 saturated carbocycles. The minimum atomic E-state index is -0.359. The van der Waals surface area contributed by atoms with Crippen LogP contribution in [0.25, 0.3) is 0 Å². The van der Waals surface area contributed by atoms with Crippen LogP contribution in [0.3, 0.4) is 0 Å². The van der Waals surface area contributed by atoms with Gasteiger partial charge >= 0.3 is 5.97 Å². The maximum atomic E-state index is 12.3. The first-order valence-electron chi connectivity index (χ1n) is 7.91. The Bertz CT molecular complexity index is 354. The van der Waals surface area contributed by atoms with E-state index in [0.29, 0.717) is 5.92 Å². The highest BCUT2D eigenvalue weighted by Gasteiger charge is 2.51. The van der Waals surface area contributed by atoms with Gasteiger partial charge in [0.25, 0.3) is 0 Å². The van der Waals surface area contributed by atoms with Crippen molar-refractivity contribution >= 4 is 5.97 Å². The average molecular weight is 266 g/mol. The number of carbonyl (C=O) groups is 1. The Kier molecular flexibility index (Phi) is 3.75. The maximum Gasteiger partial charge on any atom is 0.312 e. The summed E-state index contributed by atoms with van der Waals surface area (Å²) in [7, 11) is 0. The number of carbonyl (C=O) groups excluding carboxylic acids is 1. The van der Waals surface area contributed by atoms with Crippen LogP contribution in [0.2, 0.25) is 0 Å². The lowest BCUT2D eigenvalue weighted by molar-refractivity contribution is -0.175. The number of rotatable bonds is 4. The summed E-state index contributed by atoms with van der Waals surface area (Å²) in [5, 5.41) is 0. The van der Waals surface area contributed by atoms with Gasteiger partial charge in [-0.1, -0.05) is 13.8 Å². The van der Waals surface area contributed by atoms with E-state index in [9.17, 15) is 4.79 Å². The smallest absolute Gasteiger partial charge is 0.312 e. The Balaban J connectivity index is 2.02. The van der Waals surface area contributed by atoms with Crippen molar-refractivity contribution < 1.29 is 9.53 Å². The molecule has 0 aromatic heterocycles. The number of hydrogen-bond acceptors (Lipinski definition) is 2. The normalized spacial score (nSPS) is 34.6. The van der Waals surface area contributed by atoms with E-state index < -0.39 is 0 Å². The summed E-state index contributed by atoms with van der Waals surface area (Å²) >= 11 is 0. The van der Waals surface area contributed by atoms with Gasteiger partial charge in [-0.3, -0.25) is 4.79 Å². The van der Waals surface area contributed by atoms with Gasteiger partial charge < -0.3 is 4.74 Å². The van der Waals surface area contributed by atoms with Crippen molar-refractivity contribution in [3.63, 3.8) is 0 Å². The summed E-state index contributed by atoms with van der Waals surface area (Å²) in [6.07, 6.45) is 4.76. The van der Waals surface area contributed by atoms with E-state index in [-0.39, 0.29) is 17.0 Å². The van der Waals surface area contributed by atoms with Crippen molar-refractivity contribution in [1.82, 2.24) is 0 Å². The van der Waals surface area contributed by atoms with Gasteiger partial charge in [-0.2, -0.15) is 0 Å². The van der Waals surface area contributed by atoms with Crippen molar-refractivity contribution in [3.05, 3.63) is 0 Å². The SMILES string of the molecule is CCC(C)(C)C(=O)OC(C)(C)C1CC2CC1CC2C. The standard InChI is InChI=1S/C17H30O2/c1-7-16(3,4)15(18)19-17(5,6)14-10-12-9-13(14)8-11(12)2/h11-14H,7-10H2,1-6H3. The van der Waals surface area contributed by atoms with Gasteiger partial charge in [0, 0.05) is 5.92 Å². The van der Waals surface area contributed by atoms with E-state index in [1.54, 1.807) is 0 Å². The fraction of sp³-hybridized carbons (Fsp3) is 0.941. The molecule has 0 amide bonds. The minimum Gasteiger partial charge on any atom is -0.459 e. The topological polar surface area (TPSA) is 26.3 Å². The molecule has 2 aliphatic rings. The van der Waals surface area contributed by atoms with E-state index >= 15 is 0 Å². The third-order valence-corrected chi connectivity index (χ3v) is 5.90. The number of esters is 1. The number of hydrogen-bond donors (Lipinski definition) is 0. The summed E-state index contributed by atoms with van der Waals surface area (Å²) in [6.45, 7) is 12.6. The Morgan fingerprint density at radius 3 is 2.16 bits per heavy atom. The van der Waals surface area contributed by atoms with Gasteiger partial charge in [0.05, 0.1) is 5.41 Å². The molecule has 110 valence electrons. The van der Waals surface area contributed by atoms with Crippen molar-refractivity contribution in [2.45, 2.75) is 72.8 Å². The first kappa shape index (κ1) is 14.9. The summed E-state index contributed by atoms with van der Waals surface area (Å²) < 4.78 is 5.93. The molecule has 0 saturated heterocycles. The molecule has 2 heteroatoms. The van der Waals surface area contributed by atoms with Crippen LogP contribution in [-0.4, -0.2) is 11.6 Å². The monoisotopic (exact) mass is 266 g/mol. The van der Waals surface area contributed by atoms with Crippen molar-refractivity contribution in [2.75, 3.05) is 0 Å². The molecule has 4 unspecified atom stereocenters. The predicted molar refractivity (Wildman–Crippen MR) is 77.7 cm³/mol. The fourth-order valence-corrected chi connectivity index (χ4v) is 4.01. The summed E-state index contributed by atoms with van der Waals surface area (Å²) in [6, 6.07) is 0. The molecule has 2 aliphatic carbocycles. The quantitative estimate of drug-likeness (QED) is 0.704. The largest absolute Gasteiger partial charge is 0.459 e. The van der Waals surface area contributed by atoms with Crippen LogP contribution in [0.1, 0.15) is 67.2 Å². The molecule has 0 N–H and O–H groups in total. The van der Waals surface area contributed by atoms with Crippen LogP contribution < -0.4 is 0 Å². The Hall–Kier alpha value is -0.530. The molecule has 2 bridgehead atoms. The molecule has 2 fully saturated rings. The second-order valence-electron chi connectivity index (χ2n) is 8.04. The third kappa shape index (κ3) is 2.68. The van der Waals surface area contributed by atoms with Gasteiger partial charge in [-0.15, -0.1) is 0 Å². The van der Waals surface area contributed by atoms with Gasteiger partial charge in [-0.05, 0) is 71.1 Å².